The molecule has 2 aromatic carbocycles. The molecule has 0 atom stereocenters. The van der Waals surface area contributed by atoms with Gasteiger partial charge in [0, 0.05) is 15.6 Å². The topological polar surface area (TPSA) is 17.1 Å². The molecule has 0 saturated heterocycles. The lowest BCUT2D eigenvalue weighted by Gasteiger charge is -2.02. The van der Waals surface area contributed by atoms with Gasteiger partial charge in [-0.1, -0.05) is 34.1 Å². The van der Waals surface area contributed by atoms with E-state index in [1.54, 1.807) is 6.07 Å². The first kappa shape index (κ1) is 13.5. The molecule has 20 heavy (non-hydrogen) atoms. The fraction of sp³-hybridized carbons (Fsp3) is 0.0625. The van der Waals surface area contributed by atoms with Crippen molar-refractivity contribution >= 4 is 43.1 Å². The minimum atomic E-state index is -0.327. The SMILES string of the molecule is O=C(Cc1cc(F)ccc1Br)c1cc2ccccc2s1. The zero-order valence-electron chi connectivity index (χ0n) is 10.4. The van der Waals surface area contributed by atoms with Crippen molar-refractivity contribution in [3.05, 3.63) is 69.3 Å². The minimum Gasteiger partial charge on any atom is -0.293 e. The molecule has 0 spiro atoms. The number of thiophene rings is 1. The number of ketones is 1. The number of carbonyl (C=O) groups is 1. The van der Waals surface area contributed by atoms with Gasteiger partial charge in [-0.05, 0) is 41.3 Å². The van der Waals surface area contributed by atoms with Gasteiger partial charge in [0.1, 0.15) is 5.82 Å². The second kappa shape index (κ2) is 5.46. The molecule has 0 bridgehead atoms. The largest absolute Gasteiger partial charge is 0.293 e. The maximum absolute atomic E-state index is 13.2. The van der Waals surface area contributed by atoms with E-state index >= 15 is 0 Å². The molecule has 0 amide bonds. The number of carbonyl (C=O) groups excluding carboxylic acids is 1. The van der Waals surface area contributed by atoms with Gasteiger partial charge in [-0.3, -0.25) is 4.79 Å². The van der Waals surface area contributed by atoms with Gasteiger partial charge in [-0.25, -0.2) is 4.39 Å². The molecule has 0 unspecified atom stereocenters. The first-order chi connectivity index (χ1) is 9.63. The molecule has 1 heterocycles. The average Bonchev–Trinajstić information content (AvgIpc) is 2.87. The normalized spacial score (nSPS) is 10.9. The molecule has 1 aromatic heterocycles. The van der Waals surface area contributed by atoms with Crippen LogP contribution in [0.15, 0.2) is 53.0 Å². The minimum absolute atomic E-state index is 0.0116. The Morgan fingerprint density at radius 1 is 1.15 bits per heavy atom. The van der Waals surface area contributed by atoms with Crippen LogP contribution in [0.3, 0.4) is 0 Å². The zero-order valence-corrected chi connectivity index (χ0v) is 12.8. The van der Waals surface area contributed by atoms with Gasteiger partial charge in [0.25, 0.3) is 0 Å². The van der Waals surface area contributed by atoms with Crippen molar-refractivity contribution in [3.63, 3.8) is 0 Å². The number of fused-ring (bicyclic) bond motifs is 1. The van der Waals surface area contributed by atoms with Crippen molar-refractivity contribution in [2.75, 3.05) is 0 Å². The monoisotopic (exact) mass is 348 g/mol. The molecule has 3 rings (SSSR count). The Morgan fingerprint density at radius 2 is 1.95 bits per heavy atom. The number of hydrogen-bond acceptors (Lipinski definition) is 2. The van der Waals surface area contributed by atoms with Crippen LogP contribution >= 0.6 is 27.3 Å². The Bertz CT molecular complexity index is 761. The summed E-state index contributed by atoms with van der Waals surface area (Å²) >= 11 is 4.83. The Morgan fingerprint density at radius 3 is 2.75 bits per heavy atom. The highest BCUT2D eigenvalue weighted by molar-refractivity contribution is 9.10. The molecule has 0 aliphatic rings. The molecule has 3 aromatic rings. The predicted molar refractivity (Wildman–Crippen MR) is 84.0 cm³/mol. The van der Waals surface area contributed by atoms with E-state index in [4.69, 9.17) is 0 Å². The number of halogens is 2. The van der Waals surface area contributed by atoms with Crippen molar-refractivity contribution in [2.45, 2.75) is 6.42 Å². The molecule has 0 N–H and O–H groups in total. The fourth-order valence-corrected chi connectivity index (χ4v) is 3.45. The van der Waals surface area contributed by atoms with Crippen LogP contribution in [0.5, 0.6) is 0 Å². The van der Waals surface area contributed by atoms with E-state index in [-0.39, 0.29) is 18.0 Å². The van der Waals surface area contributed by atoms with Gasteiger partial charge in [0.05, 0.1) is 4.88 Å². The summed E-state index contributed by atoms with van der Waals surface area (Å²) in [5.74, 6) is -0.315. The fourth-order valence-electron chi connectivity index (χ4n) is 2.06. The summed E-state index contributed by atoms with van der Waals surface area (Å²) in [6.45, 7) is 0. The molecule has 0 radical (unpaired) electrons. The van der Waals surface area contributed by atoms with E-state index in [1.807, 2.05) is 30.3 Å². The van der Waals surface area contributed by atoms with E-state index in [1.165, 1.54) is 23.5 Å². The predicted octanol–water partition coefficient (Wildman–Crippen LogP) is 5.23. The highest BCUT2D eigenvalue weighted by Crippen LogP contribution is 2.27. The van der Waals surface area contributed by atoms with E-state index in [9.17, 15) is 9.18 Å². The highest BCUT2D eigenvalue weighted by Gasteiger charge is 2.13. The molecule has 0 fully saturated rings. The van der Waals surface area contributed by atoms with Crippen molar-refractivity contribution in [2.24, 2.45) is 0 Å². The number of Topliss-reactive ketones (excluding diaryl/α,β-unsaturated/α-hetero) is 1. The Hall–Kier alpha value is -1.52. The highest BCUT2D eigenvalue weighted by atomic mass is 79.9. The smallest absolute Gasteiger partial charge is 0.177 e. The second-order valence-electron chi connectivity index (χ2n) is 4.48. The summed E-state index contributed by atoms with van der Waals surface area (Å²) in [5, 5.41) is 1.07. The lowest BCUT2D eigenvalue weighted by molar-refractivity contribution is 0.0996. The van der Waals surface area contributed by atoms with Crippen molar-refractivity contribution in [3.8, 4) is 0 Å². The third kappa shape index (κ3) is 2.67. The van der Waals surface area contributed by atoms with E-state index < -0.39 is 0 Å². The summed E-state index contributed by atoms with van der Waals surface area (Å²) in [5.41, 5.74) is 0.674. The molecular weight excluding hydrogens is 339 g/mol. The summed E-state index contributed by atoms with van der Waals surface area (Å²) in [6, 6.07) is 14.2. The van der Waals surface area contributed by atoms with Crippen LogP contribution in [0.2, 0.25) is 0 Å². The summed E-state index contributed by atoms with van der Waals surface area (Å²) in [6.07, 6.45) is 0.200. The summed E-state index contributed by atoms with van der Waals surface area (Å²) in [7, 11) is 0. The maximum Gasteiger partial charge on any atom is 0.177 e. The summed E-state index contributed by atoms with van der Waals surface area (Å²) in [4.78, 5) is 13.0. The van der Waals surface area contributed by atoms with Crippen LogP contribution in [-0.4, -0.2) is 5.78 Å². The third-order valence-electron chi connectivity index (χ3n) is 3.06. The van der Waals surface area contributed by atoms with Crippen molar-refractivity contribution < 1.29 is 9.18 Å². The molecule has 100 valence electrons. The van der Waals surface area contributed by atoms with Gasteiger partial charge in [0.2, 0.25) is 0 Å². The second-order valence-corrected chi connectivity index (χ2v) is 6.42. The van der Waals surface area contributed by atoms with Gasteiger partial charge < -0.3 is 0 Å². The molecule has 1 nitrogen and oxygen atoms in total. The number of rotatable bonds is 3. The summed E-state index contributed by atoms with van der Waals surface area (Å²) < 4.78 is 15.1. The van der Waals surface area contributed by atoms with Gasteiger partial charge in [-0.15, -0.1) is 11.3 Å². The van der Waals surface area contributed by atoms with Crippen molar-refractivity contribution in [1.82, 2.24) is 0 Å². The number of benzene rings is 2. The molecule has 0 aliphatic carbocycles. The zero-order chi connectivity index (χ0) is 14.1. The van der Waals surface area contributed by atoms with Crippen LogP contribution in [-0.2, 0) is 6.42 Å². The Labute approximate surface area is 128 Å². The standard InChI is InChI=1S/C16H10BrFOS/c17-13-6-5-12(18)7-11(13)8-14(19)16-9-10-3-1-2-4-15(10)20-16/h1-7,9H,8H2. The van der Waals surface area contributed by atoms with Crippen LogP contribution in [0.4, 0.5) is 4.39 Å². The van der Waals surface area contributed by atoms with Gasteiger partial charge in [0.15, 0.2) is 5.78 Å². The average molecular weight is 349 g/mol. The lowest BCUT2D eigenvalue weighted by atomic mass is 10.1. The molecular formula is C16H10BrFOS. The van der Waals surface area contributed by atoms with Crippen LogP contribution < -0.4 is 0 Å². The van der Waals surface area contributed by atoms with Crippen LogP contribution in [0.25, 0.3) is 10.1 Å². The maximum atomic E-state index is 13.2. The van der Waals surface area contributed by atoms with Crippen LogP contribution in [0.1, 0.15) is 15.2 Å². The van der Waals surface area contributed by atoms with E-state index in [2.05, 4.69) is 15.9 Å². The lowest BCUT2D eigenvalue weighted by Crippen LogP contribution is -2.02. The Kier molecular flexibility index (Phi) is 3.68. The number of hydrogen-bond donors (Lipinski definition) is 0. The molecule has 0 saturated carbocycles. The third-order valence-corrected chi connectivity index (χ3v) is 4.99. The van der Waals surface area contributed by atoms with Crippen LogP contribution in [0, 0.1) is 5.82 Å². The van der Waals surface area contributed by atoms with Gasteiger partial charge >= 0.3 is 0 Å². The molecule has 0 aliphatic heterocycles. The van der Waals surface area contributed by atoms with E-state index in [0.717, 1.165) is 14.6 Å². The first-order valence-electron chi connectivity index (χ1n) is 6.09. The quantitative estimate of drug-likeness (QED) is 0.592. The Balaban J connectivity index is 1.90. The van der Waals surface area contributed by atoms with Gasteiger partial charge in [-0.2, -0.15) is 0 Å². The van der Waals surface area contributed by atoms with Crippen molar-refractivity contribution in [1.29, 1.82) is 0 Å². The first-order valence-corrected chi connectivity index (χ1v) is 7.70. The molecule has 4 heteroatoms. The van der Waals surface area contributed by atoms with E-state index in [0.29, 0.717) is 10.4 Å².